The van der Waals surface area contributed by atoms with Crippen LogP contribution in [0, 0.1) is 0 Å². The van der Waals surface area contributed by atoms with Gasteiger partial charge in [-0.25, -0.2) is 0 Å². The first-order chi connectivity index (χ1) is 12.3. The summed E-state index contributed by atoms with van der Waals surface area (Å²) < 4.78 is 3.87. The highest BCUT2D eigenvalue weighted by atomic mass is 32.1. The fraction of sp³-hybridized carbons (Fsp3) is 0.500. The number of hydrogen-bond acceptors (Lipinski definition) is 6. The van der Waals surface area contributed by atoms with Crippen LogP contribution in [0.2, 0.25) is 0 Å². The minimum absolute atomic E-state index is 0.0410. The van der Waals surface area contributed by atoms with Crippen molar-refractivity contribution >= 4 is 23.1 Å². The van der Waals surface area contributed by atoms with E-state index in [0.29, 0.717) is 11.4 Å². The molecule has 0 saturated carbocycles. The number of aryl methyl sites for hydroxylation is 1. The molecule has 0 radical (unpaired) electrons. The van der Waals surface area contributed by atoms with Crippen LogP contribution in [0.3, 0.4) is 0 Å². The van der Waals surface area contributed by atoms with E-state index in [1.165, 1.54) is 17.2 Å². The first-order valence-corrected chi connectivity index (χ1v) is 9.67. The highest BCUT2D eigenvalue weighted by Gasteiger charge is 2.17. The van der Waals surface area contributed by atoms with Gasteiger partial charge in [0.2, 0.25) is 0 Å². The SMILES string of the molecule is CCc1nnsc1C(=O)NCCCN1CCN(c2ccccc2)CC1. The van der Waals surface area contributed by atoms with E-state index in [4.69, 9.17) is 0 Å². The van der Waals surface area contributed by atoms with Gasteiger partial charge < -0.3 is 10.2 Å². The summed E-state index contributed by atoms with van der Waals surface area (Å²) in [5.41, 5.74) is 2.10. The normalized spacial score (nSPS) is 15.3. The highest BCUT2D eigenvalue weighted by Crippen LogP contribution is 2.15. The number of carbonyl (C=O) groups excluding carboxylic acids is 1. The molecule has 2 heterocycles. The van der Waals surface area contributed by atoms with E-state index in [1.54, 1.807) is 0 Å². The van der Waals surface area contributed by atoms with E-state index in [-0.39, 0.29) is 5.91 Å². The molecule has 0 aliphatic carbocycles. The Labute approximate surface area is 153 Å². The molecule has 1 aromatic carbocycles. The number of benzene rings is 1. The van der Waals surface area contributed by atoms with Gasteiger partial charge in [0, 0.05) is 38.4 Å². The van der Waals surface area contributed by atoms with Crippen LogP contribution in [-0.2, 0) is 6.42 Å². The maximum atomic E-state index is 12.1. The van der Waals surface area contributed by atoms with Gasteiger partial charge >= 0.3 is 0 Å². The molecule has 134 valence electrons. The number of aromatic nitrogens is 2. The predicted molar refractivity (Wildman–Crippen MR) is 101 cm³/mol. The molecule has 2 aromatic rings. The molecular formula is C18H25N5OS. The maximum Gasteiger partial charge on any atom is 0.264 e. The lowest BCUT2D eigenvalue weighted by Crippen LogP contribution is -2.47. The van der Waals surface area contributed by atoms with E-state index >= 15 is 0 Å². The number of nitrogens with zero attached hydrogens (tertiary/aromatic N) is 4. The zero-order valence-electron chi connectivity index (χ0n) is 14.6. The summed E-state index contributed by atoms with van der Waals surface area (Å²) in [4.78, 5) is 17.7. The Morgan fingerprint density at radius 1 is 1.20 bits per heavy atom. The third-order valence-corrected chi connectivity index (χ3v) is 5.29. The van der Waals surface area contributed by atoms with Gasteiger partial charge in [0.1, 0.15) is 4.88 Å². The molecule has 0 bridgehead atoms. The molecule has 1 N–H and O–H groups in total. The van der Waals surface area contributed by atoms with E-state index in [9.17, 15) is 4.79 Å². The van der Waals surface area contributed by atoms with Crippen molar-refractivity contribution in [1.29, 1.82) is 0 Å². The van der Waals surface area contributed by atoms with Crippen LogP contribution in [0.5, 0.6) is 0 Å². The van der Waals surface area contributed by atoms with Crippen molar-refractivity contribution in [2.75, 3.05) is 44.2 Å². The number of nitrogens with one attached hydrogen (secondary N) is 1. The van der Waals surface area contributed by atoms with Crippen molar-refractivity contribution in [2.24, 2.45) is 0 Å². The van der Waals surface area contributed by atoms with Crippen LogP contribution < -0.4 is 10.2 Å². The van der Waals surface area contributed by atoms with Gasteiger partial charge in [-0.05, 0) is 43.1 Å². The average Bonchev–Trinajstić information content (AvgIpc) is 3.15. The van der Waals surface area contributed by atoms with Gasteiger partial charge in [0.05, 0.1) is 5.69 Å². The summed E-state index contributed by atoms with van der Waals surface area (Å²) in [5.74, 6) is -0.0410. The molecule has 6 nitrogen and oxygen atoms in total. The van der Waals surface area contributed by atoms with E-state index in [0.717, 1.165) is 51.3 Å². The second-order valence-electron chi connectivity index (χ2n) is 6.18. The maximum absolute atomic E-state index is 12.1. The summed E-state index contributed by atoms with van der Waals surface area (Å²) in [6.45, 7) is 7.96. The van der Waals surface area contributed by atoms with Crippen LogP contribution in [-0.4, -0.2) is 59.7 Å². The molecule has 1 saturated heterocycles. The number of hydrogen-bond donors (Lipinski definition) is 1. The summed E-state index contributed by atoms with van der Waals surface area (Å²) in [6, 6.07) is 10.6. The van der Waals surface area contributed by atoms with Crippen molar-refractivity contribution in [3.8, 4) is 0 Å². The van der Waals surface area contributed by atoms with Crippen molar-refractivity contribution < 1.29 is 4.79 Å². The lowest BCUT2D eigenvalue weighted by Gasteiger charge is -2.36. The van der Waals surface area contributed by atoms with E-state index in [2.05, 4.69) is 55.0 Å². The zero-order chi connectivity index (χ0) is 17.5. The lowest BCUT2D eigenvalue weighted by atomic mass is 10.2. The smallest absolute Gasteiger partial charge is 0.264 e. The van der Waals surface area contributed by atoms with Crippen LogP contribution in [0.4, 0.5) is 5.69 Å². The van der Waals surface area contributed by atoms with Gasteiger partial charge in [-0.3, -0.25) is 9.69 Å². The van der Waals surface area contributed by atoms with E-state index < -0.39 is 0 Å². The molecule has 0 unspecified atom stereocenters. The number of anilines is 1. The van der Waals surface area contributed by atoms with Crippen molar-refractivity contribution in [2.45, 2.75) is 19.8 Å². The van der Waals surface area contributed by atoms with Crippen molar-refractivity contribution in [3.63, 3.8) is 0 Å². The Hall–Kier alpha value is -1.99. The van der Waals surface area contributed by atoms with Crippen molar-refractivity contribution in [3.05, 3.63) is 40.9 Å². The largest absolute Gasteiger partial charge is 0.369 e. The Morgan fingerprint density at radius 3 is 2.68 bits per heavy atom. The fourth-order valence-electron chi connectivity index (χ4n) is 3.07. The summed E-state index contributed by atoms with van der Waals surface area (Å²) in [7, 11) is 0. The molecule has 1 aromatic heterocycles. The van der Waals surface area contributed by atoms with Crippen LogP contribution in [0.15, 0.2) is 30.3 Å². The number of rotatable bonds is 7. The first-order valence-electron chi connectivity index (χ1n) is 8.89. The molecule has 3 rings (SSSR count). The Bertz CT molecular complexity index is 667. The minimum Gasteiger partial charge on any atom is -0.369 e. The highest BCUT2D eigenvalue weighted by molar-refractivity contribution is 7.08. The molecule has 0 atom stereocenters. The van der Waals surface area contributed by atoms with Crippen LogP contribution >= 0.6 is 11.5 Å². The molecule has 1 fully saturated rings. The molecule has 0 spiro atoms. The average molecular weight is 359 g/mol. The standard InChI is InChI=1S/C18H25N5OS/c1-2-16-17(25-21-20-16)18(24)19-9-6-10-22-11-13-23(14-12-22)15-7-4-3-5-8-15/h3-5,7-8H,2,6,9-14H2,1H3,(H,19,24). The molecular weight excluding hydrogens is 334 g/mol. The monoisotopic (exact) mass is 359 g/mol. The third kappa shape index (κ3) is 4.76. The van der Waals surface area contributed by atoms with Crippen molar-refractivity contribution in [1.82, 2.24) is 19.8 Å². The van der Waals surface area contributed by atoms with Crippen LogP contribution in [0.1, 0.15) is 28.7 Å². The number of piperazine rings is 1. The summed E-state index contributed by atoms with van der Waals surface area (Å²) in [6.07, 6.45) is 1.70. The minimum atomic E-state index is -0.0410. The number of amides is 1. The Balaban J connectivity index is 1.34. The number of para-hydroxylation sites is 1. The Kier molecular flexibility index (Phi) is 6.36. The summed E-state index contributed by atoms with van der Waals surface area (Å²) >= 11 is 1.18. The molecule has 1 amide bonds. The molecule has 7 heteroatoms. The van der Waals surface area contributed by atoms with Gasteiger partial charge in [0.25, 0.3) is 5.91 Å². The Morgan fingerprint density at radius 2 is 1.96 bits per heavy atom. The van der Waals surface area contributed by atoms with Crippen LogP contribution in [0.25, 0.3) is 0 Å². The lowest BCUT2D eigenvalue weighted by molar-refractivity contribution is 0.0954. The van der Waals surface area contributed by atoms with E-state index in [1.807, 2.05) is 6.92 Å². The first kappa shape index (κ1) is 17.8. The van der Waals surface area contributed by atoms with Gasteiger partial charge in [-0.2, -0.15) is 0 Å². The molecule has 1 aliphatic heterocycles. The predicted octanol–water partition coefficient (Wildman–Crippen LogP) is 2.04. The van der Waals surface area contributed by atoms with Gasteiger partial charge in [-0.15, -0.1) is 5.10 Å². The quantitative estimate of drug-likeness (QED) is 0.767. The zero-order valence-corrected chi connectivity index (χ0v) is 15.5. The fourth-order valence-corrected chi connectivity index (χ4v) is 3.73. The summed E-state index contributed by atoms with van der Waals surface area (Å²) in [5, 5.41) is 6.97. The van der Waals surface area contributed by atoms with Gasteiger partial charge in [-0.1, -0.05) is 29.6 Å². The second-order valence-corrected chi connectivity index (χ2v) is 6.93. The van der Waals surface area contributed by atoms with Gasteiger partial charge in [0.15, 0.2) is 0 Å². The number of carbonyl (C=O) groups is 1. The molecule has 25 heavy (non-hydrogen) atoms. The topological polar surface area (TPSA) is 61.4 Å². The molecule has 1 aliphatic rings. The second kappa shape index (κ2) is 8.92. The third-order valence-electron chi connectivity index (χ3n) is 4.53.